The number of hydrazine groups is 1. The second kappa shape index (κ2) is 6.26. The van der Waals surface area contributed by atoms with Crippen LogP contribution in [0.15, 0.2) is 65.8 Å². The Morgan fingerprint density at radius 3 is 2.62 bits per heavy atom. The van der Waals surface area contributed by atoms with Crippen molar-refractivity contribution >= 4 is 22.5 Å². The highest BCUT2D eigenvalue weighted by Gasteiger charge is 2.15. The Kier molecular flexibility index (Phi) is 4.20. The lowest BCUT2D eigenvalue weighted by atomic mass is 9.95. The summed E-state index contributed by atoms with van der Waals surface area (Å²) in [6.07, 6.45) is 5.77. The average Bonchev–Trinajstić information content (AvgIpc) is 2.56. The van der Waals surface area contributed by atoms with Crippen LogP contribution in [-0.2, 0) is 0 Å². The van der Waals surface area contributed by atoms with Crippen LogP contribution in [0, 0.1) is 0 Å². The first-order valence-electron chi connectivity index (χ1n) is 6.76. The fraction of sp³-hybridized carbons (Fsp3) is 0.118. The molecule has 0 aliphatic carbocycles. The predicted molar refractivity (Wildman–Crippen MR) is 89.1 cm³/mol. The minimum absolute atomic E-state index is 0.0352. The van der Waals surface area contributed by atoms with E-state index in [1.54, 1.807) is 11.8 Å². The fourth-order valence-corrected chi connectivity index (χ4v) is 2.97. The molecule has 2 aromatic carbocycles. The molecule has 3 rings (SSSR count). The number of pyridine rings is 1. The topological polar surface area (TPSA) is 50.9 Å². The van der Waals surface area contributed by atoms with Crippen molar-refractivity contribution in [3.8, 4) is 0 Å². The van der Waals surface area contributed by atoms with Crippen LogP contribution in [-0.4, -0.2) is 11.2 Å². The van der Waals surface area contributed by atoms with Crippen LogP contribution in [0.1, 0.15) is 17.2 Å². The van der Waals surface area contributed by atoms with E-state index in [1.165, 1.54) is 10.3 Å². The standard InChI is InChI=1S/C17H17N3S/c1-21-14-7-5-12(6-8-14)17(20-18)16-4-2-3-13-11-19-10-9-15(13)16/h2-11,17,20H,18H2,1H3. The number of benzene rings is 2. The first-order chi connectivity index (χ1) is 10.3. The van der Waals surface area contributed by atoms with Gasteiger partial charge in [0, 0.05) is 22.7 Å². The molecule has 0 saturated heterocycles. The third kappa shape index (κ3) is 2.78. The SMILES string of the molecule is CSc1ccc(C(NN)c2cccc3cnccc23)cc1. The lowest BCUT2D eigenvalue weighted by Crippen LogP contribution is -2.29. The number of nitrogens with one attached hydrogen (secondary N) is 1. The maximum Gasteiger partial charge on any atom is 0.0716 e. The number of thioether (sulfide) groups is 1. The van der Waals surface area contributed by atoms with E-state index in [0.717, 1.165) is 16.5 Å². The van der Waals surface area contributed by atoms with Gasteiger partial charge in [-0.25, -0.2) is 5.43 Å². The molecular formula is C17H17N3S. The smallest absolute Gasteiger partial charge is 0.0716 e. The van der Waals surface area contributed by atoms with E-state index in [4.69, 9.17) is 5.84 Å². The van der Waals surface area contributed by atoms with Gasteiger partial charge in [0.2, 0.25) is 0 Å². The molecule has 4 heteroatoms. The molecule has 0 amide bonds. The molecule has 21 heavy (non-hydrogen) atoms. The van der Waals surface area contributed by atoms with Crippen molar-refractivity contribution in [1.29, 1.82) is 0 Å². The molecule has 3 aromatic rings. The first kappa shape index (κ1) is 14.1. The lowest BCUT2D eigenvalue weighted by Gasteiger charge is -2.19. The third-order valence-corrected chi connectivity index (χ3v) is 4.38. The molecule has 0 saturated carbocycles. The Labute approximate surface area is 128 Å². The largest absolute Gasteiger partial charge is 0.271 e. The van der Waals surface area contributed by atoms with Crippen molar-refractivity contribution in [3.05, 3.63) is 72.1 Å². The summed E-state index contributed by atoms with van der Waals surface area (Å²) in [5, 5.41) is 2.29. The minimum atomic E-state index is -0.0352. The van der Waals surface area contributed by atoms with Gasteiger partial charge in [-0.1, -0.05) is 30.3 Å². The summed E-state index contributed by atoms with van der Waals surface area (Å²) >= 11 is 1.74. The van der Waals surface area contributed by atoms with Gasteiger partial charge in [0.25, 0.3) is 0 Å². The maximum absolute atomic E-state index is 5.83. The molecule has 1 unspecified atom stereocenters. The van der Waals surface area contributed by atoms with E-state index in [9.17, 15) is 0 Å². The molecule has 106 valence electrons. The van der Waals surface area contributed by atoms with Gasteiger partial charge < -0.3 is 0 Å². The number of aromatic nitrogens is 1. The second-order valence-corrected chi connectivity index (χ2v) is 5.70. The zero-order valence-electron chi connectivity index (χ0n) is 11.8. The summed E-state index contributed by atoms with van der Waals surface area (Å²) in [6.45, 7) is 0. The van der Waals surface area contributed by atoms with E-state index < -0.39 is 0 Å². The molecule has 3 N–H and O–H groups in total. The number of rotatable bonds is 4. The molecular weight excluding hydrogens is 278 g/mol. The number of hydrogen-bond donors (Lipinski definition) is 2. The number of nitrogens with two attached hydrogens (primary N) is 1. The monoisotopic (exact) mass is 295 g/mol. The lowest BCUT2D eigenvalue weighted by molar-refractivity contribution is 0.640. The van der Waals surface area contributed by atoms with E-state index in [1.807, 2.05) is 24.5 Å². The highest BCUT2D eigenvalue weighted by Crippen LogP contribution is 2.29. The Balaban J connectivity index is 2.09. The van der Waals surface area contributed by atoms with E-state index in [-0.39, 0.29) is 6.04 Å². The van der Waals surface area contributed by atoms with E-state index in [0.29, 0.717) is 0 Å². The normalized spacial score (nSPS) is 12.5. The molecule has 1 atom stereocenters. The Morgan fingerprint density at radius 2 is 1.90 bits per heavy atom. The van der Waals surface area contributed by atoms with Crippen LogP contribution in [0.4, 0.5) is 0 Å². The van der Waals surface area contributed by atoms with Crippen molar-refractivity contribution < 1.29 is 0 Å². The summed E-state index contributed by atoms with van der Waals surface area (Å²) in [7, 11) is 0. The number of nitrogens with zero attached hydrogens (tertiary/aromatic N) is 1. The number of fused-ring (bicyclic) bond motifs is 1. The highest BCUT2D eigenvalue weighted by atomic mass is 32.2. The van der Waals surface area contributed by atoms with Crippen LogP contribution in [0.5, 0.6) is 0 Å². The van der Waals surface area contributed by atoms with Gasteiger partial charge >= 0.3 is 0 Å². The maximum atomic E-state index is 5.83. The third-order valence-electron chi connectivity index (χ3n) is 3.64. The molecule has 0 spiro atoms. The quantitative estimate of drug-likeness (QED) is 0.439. The minimum Gasteiger partial charge on any atom is -0.271 e. The van der Waals surface area contributed by atoms with Crippen LogP contribution >= 0.6 is 11.8 Å². The molecule has 1 heterocycles. The molecule has 0 bridgehead atoms. The summed E-state index contributed by atoms with van der Waals surface area (Å²) in [5.41, 5.74) is 5.25. The van der Waals surface area contributed by atoms with Crippen molar-refractivity contribution in [2.75, 3.05) is 6.26 Å². The Hall–Kier alpha value is -1.88. The van der Waals surface area contributed by atoms with Crippen LogP contribution in [0.2, 0.25) is 0 Å². The summed E-state index contributed by atoms with van der Waals surface area (Å²) in [4.78, 5) is 5.43. The van der Waals surface area contributed by atoms with E-state index >= 15 is 0 Å². The van der Waals surface area contributed by atoms with Crippen LogP contribution in [0.25, 0.3) is 10.8 Å². The van der Waals surface area contributed by atoms with Crippen molar-refractivity contribution in [2.45, 2.75) is 10.9 Å². The van der Waals surface area contributed by atoms with Crippen LogP contribution < -0.4 is 11.3 Å². The molecule has 1 aromatic heterocycles. The summed E-state index contributed by atoms with van der Waals surface area (Å²) in [6, 6.07) is 16.7. The van der Waals surface area contributed by atoms with Crippen LogP contribution in [0.3, 0.4) is 0 Å². The predicted octanol–water partition coefficient (Wildman–Crippen LogP) is 3.51. The first-order valence-corrected chi connectivity index (χ1v) is 7.98. The van der Waals surface area contributed by atoms with Gasteiger partial charge in [0.1, 0.15) is 0 Å². The Morgan fingerprint density at radius 1 is 1.10 bits per heavy atom. The second-order valence-electron chi connectivity index (χ2n) is 4.82. The van der Waals surface area contributed by atoms with Crippen molar-refractivity contribution in [2.24, 2.45) is 5.84 Å². The molecule has 0 radical (unpaired) electrons. The zero-order valence-corrected chi connectivity index (χ0v) is 12.6. The zero-order chi connectivity index (χ0) is 14.7. The number of hydrogen-bond acceptors (Lipinski definition) is 4. The summed E-state index contributed by atoms with van der Waals surface area (Å²) < 4.78 is 0. The molecule has 0 fully saturated rings. The Bertz CT molecular complexity index is 735. The van der Waals surface area contributed by atoms with Gasteiger partial charge in [-0.05, 0) is 41.0 Å². The summed E-state index contributed by atoms with van der Waals surface area (Å²) in [5.74, 6) is 5.83. The van der Waals surface area contributed by atoms with Gasteiger partial charge in [-0.3, -0.25) is 10.8 Å². The average molecular weight is 295 g/mol. The van der Waals surface area contributed by atoms with Gasteiger partial charge in [0.15, 0.2) is 0 Å². The fourth-order valence-electron chi connectivity index (χ4n) is 2.56. The molecule has 3 nitrogen and oxygen atoms in total. The van der Waals surface area contributed by atoms with Crippen molar-refractivity contribution in [3.63, 3.8) is 0 Å². The highest BCUT2D eigenvalue weighted by molar-refractivity contribution is 7.98. The van der Waals surface area contributed by atoms with E-state index in [2.05, 4.69) is 53.1 Å². The van der Waals surface area contributed by atoms with Gasteiger partial charge in [-0.15, -0.1) is 11.8 Å². The van der Waals surface area contributed by atoms with Gasteiger partial charge in [0.05, 0.1) is 6.04 Å². The molecule has 0 aliphatic rings. The van der Waals surface area contributed by atoms with Gasteiger partial charge in [-0.2, -0.15) is 0 Å². The molecule has 0 aliphatic heterocycles. The van der Waals surface area contributed by atoms with Crippen molar-refractivity contribution in [1.82, 2.24) is 10.4 Å².